The Bertz CT molecular complexity index is 966. The van der Waals surface area contributed by atoms with Crippen LogP contribution in [0.15, 0.2) is 52.0 Å². The van der Waals surface area contributed by atoms with Crippen LogP contribution in [0.3, 0.4) is 0 Å². The van der Waals surface area contributed by atoms with E-state index in [1.807, 2.05) is 0 Å². The average Bonchev–Trinajstić information content (AvgIpc) is 2.95. The van der Waals surface area contributed by atoms with Crippen LogP contribution in [-0.4, -0.2) is 23.7 Å². The van der Waals surface area contributed by atoms with Gasteiger partial charge in [0.2, 0.25) is 0 Å². The van der Waals surface area contributed by atoms with Gasteiger partial charge in [0, 0.05) is 12.1 Å². The van der Waals surface area contributed by atoms with Crippen molar-refractivity contribution < 1.29 is 18.0 Å². The highest BCUT2D eigenvalue weighted by Gasteiger charge is 2.21. The van der Waals surface area contributed by atoms with Crippen molar-refractivity contribution in [2.24, 2.45) is 0 Å². The highest BCUT2D eigenvalue weighted by Crippen LogP contribution is 2.24. The van der Waals surface area contributed by atoms with Gasteiger partial charge in [-0.05, 0) is 28.5 Å². The maximum absolute atomic E-state index is 12.4. The first-order chi connectivity index (χ1) is 10.5. The fourth-order valence-corrected chi connectivity index (χ4v) is 3.09. The van der Waals surface area contributed by atoms with Crippen LogP contribution in [0.4, 0.5) is 11.4 Å². The van der Waals surface area contributed by atoms with Crippen molar-refractivity contribution in [1.82, 2.24) is 10.3 Å². The standard InChI is InChI=1S/C12H8N4O5S/c17-16(18)9-4-1-3-8(7-9)15-22(19,20)11-6-2-5-10-12(11)14-21-13-10/h1-7,15H. The van der Waals surface area contributed by atoms with E-state index in [1.165, 1.54) is 30.3 Å². The van der Waals surface area contributed by atoms with Gasteiger partial charge in [-0.3, -0.25) is 14.8 Å². The van der Waals surface area contributed by atoms with Gasteiger partial charge < -0.3 is 0 Å². The fourth-order valence-electron chi connectivity index (χ4n) is 1.89. The Morgan fingerprint density at radius 3 is 2.68 bits per heavy atom. The van der Waals surface area contributed by atoms with Gasteiger partial charge in [0.25, 0.3) is 15.7 Å². The number of nitrogens with one attached hydrogen (secondary N) is 1. The van der Waals surface area contributed by atoms with Crippen molar-refractivity contribution in [3.63, 3.8) is 0 Å². The third kappa shape index (κ3) is 2.46. The molecule has 0 radical (unpaired) electrons. The van der Waals surface area contributed by atoms with Gasteiger partial charge >= 0.3 is 0 Å². The third-order valence-corrected chi connectivity index (χ3v) is 4.26. The number of nitrogens with zero attached hydrogens (tertiary/aromatic N) is 3. The Balaban J connectivity index is 2.02. The molecule has 9 nitrogen and oxygen atoms in total. The van der Waals surface area contributed by atoms with Crippen LogP contribution in [0.1, 0.15) is 0 Å². The van der Waals surface area contributed by atoms with Crippen LogP contribution in [-0.2, 0) is 10.0 Å². The summed E-state index contributed by atoms with van der Waals surface area (Å²) in [5.74, 6) is 0. The summed E-state index contributed by atoms with van der Waals surface area (Å²) >= 11 is 0. The van der Waals surface area contributed by atoms with Crippen molar-refractivity contribution in [3.05, 3.63) is 52.6 Å². The summed E-state index contributed by atoms with van der Waals surface area (Å²) in [6.45, 7) is 0. The lowest BCUT2D eigenvalue weighted by Gasteiger charge is -2.07. The maximum Gasteiger partial charge on any atom is 0.271 e. The highest BCUT2D eigenvalue weighted by molar-refractivity contribution is 7.93. The summed E-state index contributed by atoms with van der Waals surface area (Å²) in [7, 11) is -3.99. The minimum atomic E-state index is -3.99. The van der Waals surface area contributed by atoms with E-state index < -0.39 is 14.9 Å². The molecule has 0 fully saturated rings. The first kappa shape index (κ1) is 13.9. The first-order valence-corrected chi connectivity index (χ1v) is 7.44. The van der Waals surface area contributed by atoms with Crippen molar-refractivity contribution in [2.75, 3.05) is 4.72 Å². The first-order valence-electron chi connectivity index (χ1n) is 5.96. The van der Waals surface area contributed by atoms with E-state index in [1.54, 1.807) is 6.07 Å². The second-order valence-corrected chi connectivity index (χ2v) is 5.95. The topological polar surface area (TPSA) is 128 Å². The van der Waals surface area contributed by atoms with E-state index >= 15 is 0 Å². The molecule has 0 saturated heterocycles. The molecule has 0 aliphatic heterocycles. The van der Waals surface area contributed by atoms with Crippen molar-refractivity contribution in [3.8, 4) is 0 Å². The smallest absolute Gasteiger partial charge is 0.271 e. The molecule has 3 aromatic rings. The Labute approximate surface area is 123 Å². The summed E-state index contributed by atoms with van der Waals surface area (Å²) in [5.41, 5.74) is 0.228. The molecule has 0 amide bonds. The molecular formula is C12H8N4O5S. The fraction of sp³-hybridized carbons (Fsp3) is 0. The normalized spacial score (nSPS) is 11.5. The number of sulfonamides is 1. The molecule has 22 heavy (non-hydrogen) atoms. The molecule has 0 atom stereocenters. The van der Waals surface area contributed by atoms with Crippen LogP contribution in [0.25, 0.3) is 11.0 Å². The van der Waals surface area contributed by atoms with Crippen LogP contribution < -0.4 is 4.72 Å². The lowest BCUT2D eigenvalue weighted by Crippen LogP contribution is -2.13. The molecule has 1 aromatic heterocycles. The molecule has 2 aromatic carbocycles. The lowest BCUT2D eigenvalue weighted by atomic mass is 10.3. The Morgan fingerprint density at radius 2 is 1.91 bits per heavy atom. The molecule has 1 N–H and O–H groups in total. The van der Waals surface area contributed by atoms with Crippen LogP contribution >= 0.6 is 0 Å². The van der Waals surface area contributed by atoms with E-state index in [0.29, 0.717) is 5.52 Å². The molecule has 0 aliphatic rings. The number of hydrogen-bond acceptors (Lipinski definition) is 7. The summed E-state index contributed by atoms with van der Waals surface area (Å²) in [5, 5.41) is 17.9. The Hall–Kier alpha value is -3.01. The number of hydrogen-bond donors (Lipinski definition) is 1. The molecule has 0 spiro atoms. The Morgan fingerprint density at radius 1 is 1.14 bits per heavy atom. The number of nitro groups is 1. The molecule has 0 bridgehead atoms. The zero-order valence-electron chi connectivity index (χ0n) is 10.8. The lowest BCUT2D eigenvalue weighted by molar-refractivity contribution is -0.384. The predicted octanol–water partition coefficient (Wildman–Crippen LogP) is 1.93. The maximum atomic E-state index is 12.4. The van der Waals surface area contributed by atoms with Crippen molar-refractivity contribution >= 4 is 32.4 Å². The minimum Gasteiger partial charge on any atom is -0.279 e. The highest BCUT2D eigenvalue weighted by atomic mass is 32.2. The molecule has 112 valence electrons. The molecule has 0 saturated carbocycles. The van der Waals surface area contributed by atoms with E-state index in [2.05, 4.69) is 19.7 Å². The second kappa shape index (κ2) is 5.07. The number of anilines is 1. The van der Waals surface area contributed by atoms with Gasteiger partial charge in [-0.25, -0.2) is 13.0 Å². The number of benzene rings is 2. The largest absolute Gasteiger partial charge is 0.279 e. The van der Waals surface area contributed by atoms with Gasteiger partial charge in [-0.15, -0.1) is 0 Å². The molecule has 3 rings (SSSR count). The van der Waals surface area contributed by atoms with E-state index in [4.69, 9.17) is 0 Å². The van der Waals surface area contributed by atoms with E-state index in [-0.39, 0.29) is 21.8 Å². The molecule has 0 aliphatic carbocycles. The zero-order chi connectivity index (χ0) is 15.7. The van der Waals surface area contributed by atoms with Crippen molar-refractivity contribution in [1.29, 1.82) is 0 Å². The summed E-state index contributed by atoms with van der Waals surface area (Å²) in [6, 6.07) is 9.57. The second-order valence-electron chi connectivity index (χ2n) is 4.30. The zero-order valence-corrected chi connectivity index (χ0v) is 11.6. The SMILES string of the molecule is O=[N+]([O-])c1cccc(NS(=O)(=O)c2cccc3nonc23)c1. The summed E-state index contributed by atoms with van der Waals surface area (Å²) < 4.78 is 31.6. The van der Waals surface area contributed by atoms with Gasteiger partial charge in [-0.2, -0.15) is 0 Å². The number of aromatic nitrogens is 2. The molecule has 10 heteroatoms. The van der Waals surface area contributed by atoms with Crippen molar-refractivity contribution in [2.45, 2.75) is 4.90 Å². The number of rotatable bonds is 4. The molecule has 1 heterocycles. The molecule has 0 unspecified atom stereocenters. The minimum absolute atomic E-state index is 0.0719. The number of fused-ring (bicyclic) bond motifs is 1. The third-order valence-electron chi connectivity index (χ3n) is 2.85. The summed E-state index contributed by atoms with van der Waals surface area (Å²) in [6.07, 6.45) is 0. The molecular weight excluding hydrogens is 312 g/mol. The monoisotopic (exact) mass is 320 g/mol. The van der Waals surface area contributed by atoms with Gasteiger partial charge in [0.05, 0.1) is 10.6 Å². The number of non-ortho nitro benzene ring substituents is 1. The van der Waals surface area contributed by atoms with Crippen LogP contribution in [0.2, 0.25) is 0 Å². The number of nitro benzene ring substituents is 1. The van der Waals surface area contributed by atoms with E-state index in [9.17, 15) is 18.5 Å². The summed E-state index contributed by atoms with van der Waals surface area (Å²) in [4.78, 5) is 9.99. The van der Waals surface area contributed by atoms with Gasteiger partial charge in [0.15, 0.2) is 5.52 Å². The van der Waals surface area contributed by atoms with Crippen LogP contribution in [0.5, 0.6) is 0 Å². The van der Waals surface area contributed by atoms with E-state index in [0.717, 1.165) is 6.07 Å². The Kier molecular flexibility index (Phi) is 3.22. The van der Waals surface area contributed by atoms with Crippen LogP contribution in [0, 0.1) is 10.1 Å². The quantitative estimate of drug-likeness (QED) is 0.574. The van der Waals surface area contributed by atoms with Gasteiger partial charge in [-0.1, -0.05) is 12.1 Å². The van der Waals surface area contributed by atoms with Gasteiger partial charge in [0.1, 0.15) is 10.4 Å². The predicted molar refractivity (Wildman–Crippen MR) is 75.7 cm³/mol. The average molecular weight is 320 g/mol.